The first-order chi connectivity index (χ1) is 13.0. The molecule has 27 heavy (non-hydrogen) atoms. The SMILES string of the molecule is CCOc1ncccc1C(=O)OCC(=O)Nc1sc2c(c1C(N)=O)CCC2. The van der Waals surface area contributed by atoms with E-state index < -0.39 is 24.4 Å². The third kappa shape index (κ3) is 4.08. The van der Waals surface area contributed by atoms with Gasteiger partial charge in [0.15, 0.2) is 6.61 Å². The largest absolute Gasteiger partial charge is 0.477 e. The molecule has 0 aliphatic heterocycles. The topological polar surface area (TPSA) is 121 Å². The Morgan fingerprint density at radius 1 is 1.33 bits per heavy atom. The number of thiophene rings is 1. The molecule has 0 atom stereocenters. The van der Waals surface area contributed by atoms with Gasteiger partial charge in [0.05, 0.1) is 12.2 Å². The number of rotatable bonds is 7. The lowest BCUT2D eigenvalue weighted by atomic mass is 10.1. The number of pyridine rings is 1. The van der Waals surface area contributed by atoms with Crippen molar-refractivity contribution in [2.75, 3.05) is 18.5 Å². The van der Waals surface area contributed by atoms with E-state index in [4.69, 9.17) is 15.2 Å². The van der Waals surface area contributed by atoms with Crippen molar-refractivity contribution < 1.29 is 23.9 Å². The molecule has 8 nitrogen and oxygen atoms in total. The second-order valence-corrected chi connectivity index (χ2v) is 6.94. The van der Waals surface area contributed by atoms with Crippen LogP contribution in [-0.2, 0) is 22.4 Å². The Morgan fingerprint density at radius 3 is 2.89 bits per heavy atom. The molecule has 0 saturated heterocycles. The van der Waals surface area contributed by atoms with Gasteiger partial charge in [-0.2, -0.15) is 0 Å². The van der Waals surface area contributed by atoms with Crippen LogP contribution in [0.25, 0.3) is 0 Å². The number of nitrogens with zero attached hydrogens (tertiary/aromatic N) is 1. The van der Waals surface area contributed by atoms with Gasteiger partial charge in [-0.05, 0) is 43.9 Å². The number of aryl methyl sites for hydroxylation is 1. The van der Waals surface area contributed by atoms with Crippen molar-refractivity contribution >= 4 is 34.1 Å². The van der Waals surface area contributed by atoms with E-state index >= 15 is 0 Å². The van der Waals surface area contributed by atoms with Gasteiger partial charge >= 0.3 is 5.97 Å². The number of anilines is 1. The molecule has 9 heteroatoms. The molecule has 0 bridgehead atoms. The minimum atomic E-state index is -0.717. The Bertz CT molecular complexity index is 893. The number of nitrogens with one attached hydrogen (secondary N) is 1. The molecule has 1 aliphatic rings. The van der Waals surface area contributed by atoms with Gasteiger partial charge in [-0.25, -0.2) is 9.78 Å². The van der Waals surface area contributed by atoms with E-state index in [2.05, 4.69) is 10.3 Å². The summed E-state index contributed by atoms with van der Waals surface area (Å²) in [7, 11) is 0. The van der Waals surface area contributed by atoms with Crippen LogP contribution >= 0.6 is 11.3 Å². The summed E-state index contributed by atoms with van der Waals surface area (Å²) in [6.07, 6.45) is 4.11. The molecule has 0 unspecified atom stereocenters. The summed E-state index contributed by atoms with van der Waals surface area (Å²) in [5.41, 5.74) is 6.87. The van der Waals surface area contributed by atoms with Crippen molar-refractivity contribution in [1.82, 2.24) is 4.98 Å². The molecule has 2 heterocycles. The Kier molecular flexibility index (Phi) is 5.70. The minimum Gasteiger partial charge on any atom is -0.477 e. The summed E-state index contributed by atoms with van der Waals surface area (Å²) in [6.45, 7) is 1.61. The van der Waals surface area contributed by atoms with Crippen molar-refractivity contribution in [2.24, 2.45) is 5.73 Å². The molecular formula is C18H19N3O5S. The van der Waals surface area contributed by atoms with Gasteiger partial charge in [0.2, 0.25) is 5.88 Å². The second-order valence-electron chi connectivity index (χ2n) is 5.84. The van der Waals surface area contributed by atoms with E-state index in [1.807, 2.05) is 0 Å². The maximum atomic E-state index is 12.2. The number of nitrogens with two attached hydrogens (primary N) is 1. The van der Waals surface area contributed by atoms with Gasteiger partial charge in [0, 0.05) is 11.1 Å². The van der Waals surface area contributed by atoms with Crippen LogP contribution in [-0.4, -0.2) is 36.0 Å². The first-order valence-electron chi connectivity index (χ1n) is 8.50. The van der Waals surface area contributed by atoms with Crippen LogP contribution in [0.3, 0.4) is 0 Å². The molecule has 2 aromatic rings. The Hall–Kier alpha value is -2.94. The van der Waals surface area contributed by atoms with Crippen molar-refractivity contribution in [3.8, 4) is 5.88 Å². The fourth-order valence-corrected chi connectivity index (χ4v) is 4.23. The van der Waals surface area contributed by atoms with Crippen molar-refractivity contribution in [2.45, 2.75) is 26.2 Å². The average molecular weight is 389 g/mol. The number of carbonyl (C=O) groups is 3. The Balaban J connectivity index is 1.64. The van der Waals surface area contributed by atoms with Crippen LogP contribution < -0.4 is 15.8 Å². The smallest absolute Gasteiger partial charge is 0.344 e. The van der Waals surface area contributed by atoms with Crippen LogP contribution in [0.5, 0.6) is 5.88 Å². The van der Waals surface area contributed by atoms with Crippen LogP contribution in [0.2, 0.25) is 0 Å². The number of fused-ring (bicyclic) bond motifs is 1. The van der Waals surface area contributed by atoms with Gasteiger partial charge in [-0.3, -0.25) is 9.59 Å². The first-order valence-corrected chi connectivity index (χ1v) is 9.32. The number of esters is 1. The highest BCUT2D eigenvalue weighted by Gasteiger charge is 2.26. The van der Waals surface area contributed by atoms with Crippen molar-refractivity contribution in [3.05, 3.63) is 39.9 Å². The fourth-order valence-electron chi connectivity index (χ4n) is 2.92. The number of aromatic nitrogens is 1. The summed E-state index contributed by atoms with van der Waals surface area (Å²) in [5, 5.41) is 3.03. The molecule has 142 valence electrons. The molecule has 0 fully saturated rings. The quantitative estimate of drug-likeness (QED) is 0.698. The van der Waals surface area contributed by atoms with E-state index in [-0.39, 0.29) is 11.4 Å². The zero-order chi connectivity index (χ0) is 19.4. The number of carbonyl (C=O) groups excluding carboxylic acids is 3. The van der Waals surface area contributed by atoms with Gasteiger partial charge in [-0.1, -0.05) is 0 Å². The predicted molar refractivity (Wildman–Crippen MR) is 99.2 cm³/mol. The number of ether oxygens (including phenoxy) is 2. The molecule has 2 amide bonds. The lowest BCUT2D eigenvalue weighted by Crippen LogP contribution is -2.23. The van der Waals surface area contributed by atoms with Gasteiger partial charge in [-0.15, -0.1) is 11.3 Å². The fraction of sp³-hybridized carbons (Fsp3) is 0.333. The van der Waals surface area contributed by atoms with Crippen LogP contribution in [0.15, 0.2) is 18.3 Å². The summed E-state index contributed by atoms with van der Waals surface area (Å²) >= 11 is 1.34. The average Bonchev–Trinajstić information content (AvgIpc) is 3.20. The summed E-state index contributed by atoms with van der Waals surface area (Å²) < 4.78 is 10.3. The van der Waals surface area contributed by atoms with Crippen LogP contribution in [0.1, 0.15) is 44.5 Å². The zero-order valence-corrected chi connectivity index (χ0v) is 15.6. The molecule has 3 rings (SSSR count). The van der Waals surface area contributed by atoms with Crippen molar-refractivity contribution in [1.29, 1.82) is 0 Å². The molecule has 1 aliphatic carbocycles. The first kappa shape index (κ1) is 18.8. The highest BCUT2D eigenvalue weighted by atomic mass is 32.1. The number of amides is 2. The number of hydrogen-bond donors (Lipinski definition) is 2. The molecule has 0 spiro atoms. The summed E-state index contributed by atoms with van der Waals surface area (Å²) in [6, 6.07) is 3.08. The standard InChI is InChI=1S/C18H19N3O5S/c1-2-25-16-11(6-4-8-20-16)18(24)26-9-13(22)21-17-14(15(19)23)10-5-3-7-12(10)27-17/h4,6,8H,2-3,5,7,9H2,1H3,(H2,19,23)(H,21,22). The Morgan fingerprint density at radius 2 is 2.15 bits per heavy atom. The summed E-state index contributed by atoms with van der Waals surface area (Å²) in [4.78, 5) is 41.2. The zero-order valence-electron chi connectivity index (χ0n) is 14.7. The lowest BCUT2D eigenvalue weighted by molar-refractivity contribution is -0.119. The lowest BCUT2D eigenvalue weighted by Gasteiger charge is -2.09. The number of primary amides is 1. The number of hydrogen-bond acceptors (Lipinski definition) is 7. The van der Waals surface area contributed by atoms with E-state index in [0.29, 0.717) is 17.2 Å². The molecule has 0 aromatic carbocycles. The monoisotopic (exact) mass is 389 g/mol. The molecule has 0 radical (unpaired) electrons. The van der Waals surface area contributed by atoms with E-state index in [9.17, 15) is 14.4 Å². The Labute approximate surface area is 159 Å². The normalized spacial score (nSPS) is 12.3. The molecule has 0 saturated carbocycles. The molecule has 2 aromatic heterocycles. The third-order valence-corrected chi connectivity index (χ3v) is 5.23. The predicted octanol–water partition coefficient (Wildman–Crippen LogP) is 1.92. The van der Waals surface area contributed by atoms with Crippen molar-refractivity contribution in [3.63, 3.8) is 0 Å². The van der Waals surface area contributed by atoms with Crippen LogP contribution in [0.4, 0.5) is 5.00 Å². The minimum absolute atomic E-state index is 0.139. The molecule has 3 N–H and O–H groups in total. The van der Waals surface area contributed by atoms with Gasteiger partial charge < -0.3 is 20.5 Å². The van der Waals surface area contributed by atoms with Gasteiger partial charge in [0.25, 0.3) is 11.8 Å². The van der Waals surface area contributed by atoms with E-state index in [1.54, 1.807) is 13.0 Å². The van der Waals surface area contributed by atoms with E-state index in [0.717, 1.165) is 29.7 Å². The third-order valence-electron chi connectivity index (χ3n) is 4.03. The second kappa shape index (κ2) is 8.17. The maximum absolute atomic E-state index is 12.2. The highest BCUT2D eigenvalue weighted by Crippen LogP contribution is 2.38. The van der Waals surface area contributed by atoms with E-state index in [1.165, 1.54) is 23.6 Å². The summed E-state index contributed by atoms with van der Waals surface area (Å²) in [5.74, 6) is -1.69. The highest BCUT2D eigenvalue weighted by molar-refractivity contribution is 7.17. The van der Waals surface area contributed by atoms with Gasteiger partial charge in [0.1, 0.15) is 10.6 Å². The molecular weight excluding hydrogens is 370 g/mol. The van der Waals surface area contributed by atoms with Crippen LogP contribution in [0, 0.1) is 0 Å². The maximum Gasteiger partial charge on any atom is 0.344 e.